The van der Waals surface area contributed by atoms with E-state index in [0.717, 1.165) is 37.2 Å². The molecule has 7 heteroatoms. The second kappa shape index (κ2) is 7.46. The minimum absolute atomic E-state index is 0.0190. The quantitative estimate of drug-likeness (QED) is 0.866. The normalized spacial score (nSPS) is 13.4. The molecule has 0 saturated carbocycles. The Kier molecular flexibility index (Phi) is 5.11. The molecule has 1 aliphatic rings. The Morgan fingerprint density at radius 3 is 2.80 bits per heavy atom. The molecule has 0 aromatic carbocycles. The summed E-state index contributed by atoms with van der Waals surface area (Å²) >= 11 is 0. The molecule has 3 rings (SSSR count). The molecular weight excluding hydrogens is 318 g/mol. The zero-order valence-electron chi connectivity index (χ0n) is 14.6. The van der Waals surface area contributed by atoms with Crippen molar-refractivity contribution >= 4 is 11.8 Å². The van der Waals surface area contributed by atoms with Crippen LogP contribution in [0.25, 0.3) is 0 Å². The van der Waals surface area contributed by atoms with E-state index in [2.05, 4.69) is 20.6 Å². The number of nitrogens with one attached hydrogen (secondary N) is 2. The van der Waals surface area contributed by atoms with Crippen LogP contribution in [0.4, 0.5) is 0 Å². The first-order valence-corrected chi connectivity index (χ1v) is 8.64. The van der Waals surface area contributed by atoms with Crippen molar-refractivity contribution in [3.63, 3.8) is 0 Å². The molecule has 25 heavy (non-hydrogen) atoms. The van der Waals surface area contributed by atoms with Crippen molar-refractivity contribution in [2.75, 3.05) is 0 Å². The van der Waals surface area contributed by atoms with Gasteiger partial charge in [0.25, 0.3) is 11.8 Å². The van der Waals surface area contributed by atoms with Crippen molar-refractivity contribution in [1.82, 2.24) is 25.2 Å². The third-order valence-electron chi connectivity index (χ3n) is 4.11. The summed E-state index contributed by atoms with van der Waals surface area (Å²) in [4.78, 5) is 33.6. The Bertz CT molecular complexity index is 767. The summed E-state index contributed by atoms with van der Waals surface area (Å²) in [6.45, 7) is 4.85. The van der Waals surface area contributed by atoms with E-state index in [9.17, 15) is 9.59 Å². The van der Waals surface area contributed by atoms with Gasteiger partial charge < -0.3 is 15.2 Å². The lowest BCUT2D eigenvalue weighted by Gasteiger charge is -2.17. The first-order chi connectivity index (χ1) is 12.1. The number of carbonyl (C=O) groups excluding carboxylic acids is 2. The van der Waals surface area contributed by atoms with E-state index in [4.69, 9.17) is 0 Å². The Labute approximate surface area is 146 Å². The molecule has 1 aliphatic heterocycles. The number of fused-ring (bicyclic) bond motifs is 1. The van der Waals surface area contributed by atoms with Gasteiger partial charge in [-0.15, -0.1) is 0 Å². The summed E-state index contributed by atoms with van der Waals surface area (Å²) in [6, 6.07) is 5.58. The molecule has 0 bridgehead atoms. The molecule has 2 N–H and O–H groups in total. The van der Waals surface area contributed by atoms with Crippen molar-refractivity contribution in [3.8, 4) is 0 Å². The van der Waals surface area contributed by atoms with Gasteiger partial charge in [-0.05, 0) is 45.2 Å². The topological polar surface area (TPSA) is 88.9 Å². The van der Waals surface area contributed by atoms with Crippen LogP contribution >= 0.6 is 0 Å². The van der Waals surface area contributed by atoms with E-state index < -0.39 is 0 Å². The van der Waals surface area contributed by atoms with Gasteiger partial charge in [0.1, 0.15) is 5.69 Å². The predicted molar refractivity (Wildman–Crippen MR) is 93.2 cm³/mol. The highest BCUT2D eigenvalue weighted by Crippen LogP contribution is 2.21. The van der Waals surface area contributed by atoms with Gasteiger partial charge in [-0.1, -0.05) is 6.07 Å². The molecule has 0 unspecified atom stereocenters. The van der Waals surface area contributed by atoms with Crippen molar-refractivity contribution in [2.24, 2.45) is 0 Å². The standard InChI is InChI=1S/C18H23N5O2/c1-12(2)21-18(25)16-22-15(14-8-4-6-10-23(14)16)17(24)20-11-13-7-3-5-9-19-13/h3,5,7,9,12H,4,6,8,10-11H2,1-2H3,(H,20,24)(H,21,25). The number of rotatable bonds is 5. The van der Waals surface area contributed by atoms with Gasteiger partial charge in [0, 0.05) is 18.8 Å². The molecule has 0 fully saturated rings. The lowest BCUT2D eigenvalue weighted by Crippen LogP contribution is -2.33. The van der Waals surface area contributed by atoms with Gasteiger partial charge in [0.15, 0.2) is 5.82 Å². The van der Waals surface area contributed by atoms with Crippen LogP contribution < -0.4 is 10.6 Å². The maximum absolute atomic E-state index is 12.6. The van der Waals surface area contributed by atoms with Crippen LogP contribution in [0.5, 0.6) is 0 Å². The van der Waals surface area contributed by atoms with Crippen molar-refractivity contribution in [1.29, 1.82) is 0 Å². The van der Waals surface area contributed by atoms with Crippen LogP contribution in [-0.4, -0.2) is 32.4 Å². The van der Waals surface area contributed by atoms with Gasteiger partial charge in [-0.25, -0.2) is 4.98 Å². The Morgan fingerprint density at radius 2 is 2.08 bits per heavy atom. The highest BCUT2D eigenvalue weighted by atomic mass is 16.2. The number of aromatic nitrogens is 3. The van der Waals surface area contributed by atoms with Crippen molar-refractivity contribution in [2.45, 2.75) is 52.2 Å². The summed E-state index contributed by atoms with van der Waals surface area (Å²) in [6.07, 6.45) is 4.43. The maximum Gasteiger partial charge on any atom is 0.287 e. The largest absolute Gasteiger partial charge is 0.347 e. The molecule has 2 aromatic rings. The fourth-order valence-corrected chi connectivity index (χ4v) is 2.98. The van der Waals surface area contributed by atoms with Crippen LogP contribution in [0.1, 0.15) is 59.2 Å². The van der Waals surface area contributed by atoms with Crippen molar-refractivity contribution < 1.29 is 9.59 Å². The summed E-state index contributed by atoms with van der Waals surface area (Å²) in [5.74, 6) is -0.173. The van der Waals surface area contributed by atoms with E-state index >= 15 is 0 Å². The average Bonchev–Trinajstić information content (AvgIpc) is 3.00. The Morgan fingerprint density at radius 1 is 1.24 bits per heavy atom. The maximum atomic E-state index is 12.6. The number of hydrogen-bond donors (Lipinski definition) is 2. The van der Waals surface area contributed by atoms with Crippen LogP contribution in [-0.2, 0) is 19.5 Å². The minimum Gasteiger partial charge on any atom is -0.347 e. The number of imidazole rings is 1. The second-order valence-electron chi connectivity index (χ2n) is 6.47. The average molecular weight is 341 g/mol. The minimum atomic E-state index is -0.264. The molecule has 0 saturated heterocycles. The first-order valence-electron chi connectivity index (χ1n) is 8.64. The molecule has 7 nitrogen and oxygen atoms in total. The lowest BCUT2D eigenvalue weighted by atomic mass is 10.1. The van der Waals surface area contributed by atoms with Gasteiger partial charge in [0.05, 0.1) is 17.9 Å². The molecule has 132 valence electrons. The van der Waals surface area contributed by atoms with Gasteiger partial charge in [-0.2, -0.15) is 0 Å². The molecular formula is C18H23N5O2. The summed E-state index contributed by atoms with van der Waals surface area (Å²) < 4.78 is 1.89. The van der Waals surface area contributed by atoms with Gasteiger partial charge in [-0.3, -0.25) is 14.6 Å². The summed E-state index contributed by atoms with van der Waals surface area (Å²) in [5.41, 5.74) is 1.98. The van der Waals surface area contributed by atoms with Crippen LogP contribution in [0.2, 0.25) is 0 Å². The third kappa shape index (κ3) is 3.87. The zero-order chi connectivity index (χ0) is 17.8. The predicted octanol–water partition coefficient (Wildman–Crippen LogP) is 1.68. The van der Waals surface area contributed by atoms with E-state index in [1.165, 1.54) is 0 Å². The highest BCUT2D eigenvalue weighted by Gasteiger charge is 2.27. The van der Waals surface area contributed by atoms with Crippen LogP contribution in [0.3, 0.4) is 0 Å². The summed E-state index contributed by atoms with van der Waals surface area (Å²) in [5, 5.41) is 5.70. The molecule has 0 spiro atoms. The van der Waals surface area contributed by atoms with Gasteiger partial charge >= 0.3 is 0 Å². The Balaban J connectivity index is 1.81. The SMILES string of the molecule is CC(C)NC(=O)c1nc(C(=O)NCc2ccccn2)c2n1CCCC2. The number of carbonyl (C=O) groups is 2. The van der Waals surface area contributed by atoms with Crippen LogP contribution in [0.15, 0.2) is 24.4 Å². The van der Waals surface area contributed by atoms with E-state index in [-0.39, 0.29) is 17.9 Å². The molecule has 2 aromatic heterocycles. The second-order valence-corrected chi connectivity index (χ2v) is 6.47. The fourth-order valence-electron chi connectivity index (χ4n) is 2.98. The first kappa shape index (κ1) is 17.1. The number of hydrogen-bond acceptors (Lipinski definition) is 4. The number of nitrogens with zero attached hydrogens (tertiary/aromatic N) is 3. The smallest absolute Gasteiger partial charge is 0.287 e. The Hall–Kier alpha value is -2.70. The molecule has 3 heterocycles. The van der Waals surface area contributed by atoms with Crippen molar-refractivity contribution in [3.05, 3.63) is 47.3 Å². The molecule has 0 aliphatic carbocycles. The van der Waals surface area contributed by atoms with E-state index in [1.54, 1.807) is 6.20 Å². The molecule has 2 amide bonds. The monoisotopic (exact) mass is 341 g/mol. The third-order valence-corrected chi connectivity index (χ3v) is 4.11. The van der Waals surface area contributed by atoms with Crippen LogP contribution in [0, 0.1) is 0 Å². The molecule has 0 atom stereocenters. The van der Waals surface area contributed by atoms with Gasteiger partial charge in [0.2, 0.25) is 0 Å². The summed E-state index contributed by atoms with van der Waals surface area (Å²) in [7, 11) is 0. The lowest BCUT2D eigenvalue weighted by molar-refractivity contribution is 0.0927. The zero-order valence-corrected chi connectivity index (χ0v) is 14.6. The van der Waals surface area contributed by atoms with E-state index in [1.807, 2.05) is 36.6 Å². The van der Waals surface area contributed by atoms with E-state index in [0.29, 0.717) is 18.1 Å². The molecule has 0 radical (unpaired) electrons. The fraction of sp³-hybridized carbons (Fsp3) is 0.444. The number of pyridine rings is 1. The highest BCUT2D eigenvalue weighted by molar-refractivity contribution is 5.97. The number of amides is 2.